The summed E-state index contributed by atoms with van der Waals surface area (Å²) in [6.45, 7) is 1.06. The molecule has 216 valence electrons. The lowest BCUT2D eigenvalue weighted by molar-refractivity contribution is -0.133. The number of aromatic nitrogens is 2. The van der Waals surface area contributed by atoms with E-state index in [9.17, 15) is 24.0 Å². The molecular formula is C25H36N10O5. The largest absolute Gasteiger partial charge is 0.370 e. The molecule has 0 aliphatic carbocycles. The third-order valence-corrected chi connectivity index (χ3v) is 5.60. The van der Waals surface area contributed by atoms with E-state index in [-0.39, 0.29) is 31.8 Å². The van der Waals surface area contributed by atoms with Gasteiger partial charge in [0.15, 0.2) is 5.96 Å². The van der Waals surface area contributed by atoms with Gasteiger partial charge in [-0.15, -0.1) is 0 Å². The van der Waals surface area contributed by atoms with E-state index < -0.39 is 54.2 Å². The number of primary amides is 1. The summed E-state index contributed by atoms with van der Waals surface area (Å²) < 4.78 is 0. The smallest absolute Gasteiger partial charge is 0.243 e. The van der Waals surface area contributed by atoms with Gasteiger partial charge in [-0.1, -0.05) is 30.3 Å². The van der Waals surface area contributed by atoms with Crippen LogP contribution in [0, 0.1) is 0 Å². The minimum absolute atomic E-state index is 0.0961. The molecule has 0 aliphatic heterocycles. The Balaban J connectivity index is 2.24. The highest BCUT2D eigenvalue weighted by Gasteiger charge is 2.30. The normalized spacial score (nSPS) is 12.7. The molecule has 40 heavy (non-hydrogen) atoms. The van der Waals surface area contributed by atoms with Crippen molar-refractivity contribution in [3.05, 3.63) is 54.1 Å². The number of aliphatic imine (C=N–C) groups is 1. The number of H-pyrrole nitrogens is 1. The van der Waals surface area contributed by atoms with Crippen molar-refractivity contribution in [3.8, 4) is 0 Å². The van der Waals surface area contributed by atoms with Gasteiger partial charge in [-0.2, -0.15) is 0 Å². The van der Waals surface area contributed by atoms with Crippen LogP contribution in [0.1, 0.15) is 31.0 Å². The number of hydrogen-bond donors (Lipinski definition) is 8. The number of nitrogens with two attached hydrogens (primary N) is 3. The number of benzene rings is 1. The molecule has 5 amide bonds. The number of carbonyl (C=O) groups is 5. The lowest BCUT2D eigenvalue weighted by atomic mass is 10.0. The van der Waals surface area contributed by atoms with Crippen molar-refractivity contribution in [3.63, 3.8) is 0 Å². The van der Waals surface area contributed by atoms with Gasteiger partial charge in [-0.05, 0) is 18.4 Å². The first-order valence-corrected chi connectivity index (χ1v) is 12.6. The van der Waals surface area contributed by atoms with E-state index >= 15 is 0 Å². The van der Waals surface area contributed by atoms with Gasteiger partial charge in [0, 0.05) is 38.2 Å². The summed E-state index contributed by atoms with van der Waals surface area (Å²) in [5, 5.41) is 10.3. The number of imidazole rings is 1. The zero-order valence-electron chi connectivity index (χ0n) is 22.2. The topological polar surface area (TPSA) is 253 Å². The van der Waals surface area contributed by atoms with E-state index in [1.807, 2.05) is 6.07 Å². The summed E-state index contributed by atoms with van der Waals surface area (Å²) in [5.41, 5.74) is 17.2. The third-order valence-electron chi connectivity index (χ3n) is 5.60. The van der Waals surface area contributed by atoms with Gasteiger partial charge < -0.3 is 43.5 Å². The Hall–Kier alpha value is -4.95. The first-order valence-electron chi connectivity index (χ1n) is 12.6. The van der Waals surface area contributed by atoms with Gasteiger partial charge >= 0.3 is 0 Å². The van der Waals surface area contributed by atoms with Crippen molar-refractivity contribution in [2.45, 2.75) is 50.7 Å². The molecule has 11 N–H and O–H groups in total. The second-order valence-corrected chi connectivity index (χ2v) is 8.98. The fraction of sp³-hybridized carbons (Fsp3) is 0.400. The van der Waals surface area contributed by atoms with Crippen LogP contribution in [0.4, 0.5) is 0 Å². The monoisotopic (exact) mass is 556 g/mol. The minimum Gasteiger partial charge on any atom is -0.370 e. The highest BCUT2D eigenvalue weighted by molar-refractivity contribution is 5.95. The second-order valence-electron chi connectivity index (χ2n) is 8.98. The molecule has 2 aromatic rings. The van der Waals surface area contributed by atoms with E-state index in [1.54, 1.807) is 24.3 Å². The van der Waals surface area contributed by atoms with Crippen LogP contribution in [-0.4, -0.2) is 76.7 Å². The maximum Gasteiger partial charge on any atom is 0.243 e. The Labute approximate surface area is 231 Å². The van der Waals surface area contributed by atoms with Crippen molar-refractivity contribution in [2.24, 2.45) is 22.2 Å². The van der Waals surface area contributed by atoms with E-state index in [0.717, 1.165) is 5.56 Å². The SMILES string of the molecule is CC(=O)N[C@@H](Cc1cnc[nH]1)C(=O)N[C@H](Cc1ccccc1)C(=O)N[C@@H](CCCN=C(N)N)C(=O)NCC(N)=O. The van der Waals surface area contributed by atoms with E-state index in [1.165, 1.54) is 19.4 Å². The second kappa shape index (κ2) is 16.1. The van der Waals surface area contributed by atoms with E-state index in [0.29, 0.717) is 12.1 Å². The standard InChI is InChI=1S/C25H36N10O5/c1-15(36)33-20(11-17-12-29-14-32-17)24(40)35-19(10-16-6-3-2-4-7-16)23(39)34-18(8-5-9-30-25(27)28)22(38)31-13-21(26)37/h2-4,6-7,12,14,18-20H,5,8-11,13H2,1H3,(H2,26,37)(H,29,32)(H,31,38)(H,33,36)(H,34,39)(H,35,40)(H4,27,28,30)/t18-,19+,20-/m0/s1. The molecule has 0 bridgehead atoms. The molecule has 1 aromatic heterocycles. The molecule has 0 unspecified atom stereocenters. The predicted octanol–water partition coefficient (Wildman–Crippen LogP) is -2.68. The van der Waals surface area contributed by atoms with Gasteiger partial charge in [0.2, 0.25) is 29.5 Å². The summed E-state index contributed by atoms with van der Waals surface area (Å²) in [7, 11) is 0. The van der Waals surface area contributed by atoms with E-state index in [4.69, 9.17) is 17.2 Å². The van der Waals surface area contributed by atoms with Crippen molar-refractivity contribution in [1.29, 1.82) is 0 Å². The van der Waals surface area contributed by atoms with Crippen molar-refractivity contribution < 1.29 is 24.0 Å². The third kappa shape index (κ3) is 11.6. The first-order chi connectivity index (χ1) is 19.0. The van der Waals surface area contributed by atoms with E-state index in [2.05, 4.69) is 36.2 Å². The molecule has 2 rings (SSSR count). The quantitative estimate of drug-likeness (QED) is 0.0613. The van der Waals surface area contributed by atoms with Gasteiger partial charge in [-0.3, -0.25) is 29.0 Å². The Morgan fingerprint density at radius 1 is 0.900 bits per heavy atom. The molecule has 3 atom stereocenters. The van der Waals surface area contributed by atoms with Crippen molar-refractivity contribution >= 4 is 35.5 Å². The first kappa shape index (κ1) is 31.3. The number of aromatic amines is 1. The zero-order valence-corrected chi connectivity index (χ0v) is 22.2. The molecule has 0 fully saturated rings. The molecule has 15 heteroatoms. The lowest BCUT2D eigenvalue weighted by Crippen LogP contribution is -2.57. The number of nitrogens with one attached hydrogen (secondary N) is 5. The number of rotatable bonds is 16. The molecule has 1 aromatic carbocycles. The van der Waals surface area contributed by atoms with Crippen LogP contribution in [0.3, 0.4) is 0 Å². The lowest BCUT2D eigenvalue weighted by Gasteiger charge is -2.25. The summed E-state index contributed by atoms with van der Waals surface area (Å²) in [4.78, 5) is 73.1. The number of nitrogens with zero attached hydrogens (tertiary/aromatic N) is 2. The van der Waals surface area contributed by atoms with Gasteiger partial charge in [0.05, 0.1) is 12.9 Å². The summed E-state index contributed by atoms with van der Waals surface area (Å²) in [6, 6.07) is 5.76. The predicted molar refractivity (Wildman–Crippen MR) is 146 cm³/mol. The number of carbonyl (C=O) groups excluding carboxylic acids is 5. The van der Waals surface area contributed by atoms with Crippen LogP contribution in [0.2, 0.25) is 0 Å². The van der Waals surface area contributed by atoms with Crippen LogP contribution >= 0.6 is 0 Å². The van der Waals surface area contributed by atoms with Crippen molar-refractivity contribution in [1.82, 2.24) is 31.2 Å². The fourth-order valence-corrected chi connectivity index (χ4v) is 3.74. The average molecular weight is 557 g/mol. The highest BCUT2D eigenvalue weighted by Crippen LogP contribution is 2.07. The number of hydrogen-bond acceptors (Lipinski definition) is 7. The van der Waals surface area contributed by atoms with Crippen LogP contribution < -0.4 is 38.5 Å². The fourth-order valence-electron chi connectivity index (χ4n) is 3.74. The Bertz CT molecular complexity index is 1170. The summed E-state index contributed by atoms with van der Waals surface area (Å²) in [6.07, 6.45) is 3.63. The molecule has 0 saturated heterocycles. The minimum atomic E-state index is -1.11. The van der Waals surface area contributed by atoms with Crippen LogP contribution in [0.25, 0.3) is 0 Å². The number of guanidine groups is 1. The Morgan fingerprint density at radius 3 is 2.12 bits per heavy atom. The molecule has 0 radical (unpaired) electrons. The Morgan fingerprint density at radius 2 is 1.55 bits per heavy atom. The van der Waals surface area contributed by atoms with Crippen LogP contribution in [0.15, 0.2) is 47.8 Å². The summed E-state index contributed by atoms with van der Waals surface area (Å²) in [5.74, 6) is -3.21. The average Bonchev–Trinajstić information content (AvgIpc) is 3.41. The van der Waals surface area contributed by atoms with Gasteiger partial charge in [0.25, 0.3) is 0 Å². The molecule has 15 nitrogen and oxygen atoms in total. The molecule has 0 spiro atoms. The maximum atomic E-state index is 13.5. The molecule has 1 heterocycles. The molecule has 0 saturated carbocycles. The molecular weight excluding hydrogens is 520 g/mol. The van der Waals surface area contributed by atoms with Gasteiger partial charge in [0.1, 0.15) is 18.1 Å². The number of amides is 5. The van der Waals surface area contributed by atoms with Gasteiger partial charge in [-0.25, -0.2) is 4.98 Å². The molecule has 0 aliphatic rings. The highest BCUT2D eigenvalue weighted by atomic mass is 16.2. The van der Waals surface area contributed by atoms with Crippen LogP contribution in [-0.2, 0) is 36.8 Å². The summed E-state index contributed by atoms with van der Waals surface area (Å²) >= 11 is 0. The van der Waals surface area contributed by atoms with Crippen LogP contribution in [0.5, 0.6) is 0 Å². The zero-order chi connectivity index (χ0) is 29.5. The maximum absolute atomic E-state index is 13.5. The van der Waals surface area contributed by atoms with Crippen molar-refractivity contribution in [2.75, 3.05) is 13.1 Å². The Kier molecular flexibility index (Phi) is 12.6.